The first kappa shape index (κ1) is 17.5. The van der Waals surface area contributed by atoms with Crippen LogP contribution >= 0.6 is 0 Å². The molecule has 0 unspecified atom stereocenters. The van der Waals surface area contributed by atoms with Crippen molar-refractivity contribution in [3.05, 3.63) is 29.8 Å². The molecule has 0 radical (unpaired) electrons. The monoisotopic (exact) mass is 308 g/mol. The zero-order valence-corrected chi connectivity index (χ0v) is 12.8. The van der Waals surface area contributed by atoms with Crippen LogP contribution in [0.2, 0.25) is 0 Å². The smallest absolute Gasteiger partial charge is 0.318 e. The number of primary amides is 1. The fourth-order valence-corrected chi connectivity index (χ4v) is 1.78. The maximum absolute atomic E-state index is 11.9. The predicted molar refractivity (Wildman–Crippen MR) is 79.1 cm³/mol. The highest BCUT2D eigenvalue weighted by atomic mass is 16.5. The Morgan fingerprint density at radius 3 is 2.23 bits per heavy atom. The maximum Gasteiger partial charge on any atom is 0.318 e. The third-order valence-corrected chi connectivity index (χ3v) is 2.88. The number of imide groups is 1. The van der Waals surface area contributed by atoms with Crippen molar-refractivity contribution in [2.75, 3.05) is 7.11 Å². The number of carbonyl (C=O) groups excluding carboxylic acids is 3. The molecule has 1 aromatic carbocycles. The lowest BCUT2D eigenvalue weighted by Gasteiger charge is -2.19. The molecule has 1 rings (SSSR count). The lowest BCUT2D eigenvalue weighted by Crippen LogP contribution is -2.45. The van der Waals surface area contributed by atoms with Gasteiger partial charge in [-0.3, -0.25) is 14.9 Å². The van der Waals surface area contributed by atoms with E-state index in [0.717, 1.165) is 5.56 Å². The number of nitrogens with one attached hydrogen (secondary N) is 1. The van der Waals surface area contributed by atoms with Crippen LogP contribution in [0.1, 0.15) is 19.4 Å². The molecule has 0 aromatic heterocycles. The van der Waals surface area contributed by atoms with Crippen molar-refractivity contribution in [1.82, 2.24) is 5.32 Å². The quantitative estimate of drug-likeness (QED) is 0.762. The normalized spacial score (nSPS) is 11.6. The van der Waals surface area contributed by atoms with Gasteiger partial charge in [-0.1, -0.05) is 26.0 Å². The maximum atomic E-state index is 11.9. The van der Waals surface area contributed by atoms with Gasteiger partial charge in [-0.05, 0) is 23.6 Å². The summed E-state index contributed by atoms with van der Waals surface area (Å²) in [4.78, 5) is 34.4. The van der Waals surface area contributed by atoms with Gasteiger partial charge in [0.05, 0.1) is 13.5 Å². The van der Waals surface area contributed by atoms with E-state index in [1.807, 2.05) is 5.32 Å². The highest BCUT2D eigenvalue weighted by molar-refractivity contribution is 5.96. The molecule has 0 saturated carbocycles. The molecule has 0 aliphatic heterocycles. The molecular weight excluding hydrogens is 288 g/mol. The minimum atomic E-state index is -1.07. The number of hydrogen-bond donors (Lipinski definition) is 2. The molecule has 7 heteroatoms. The van der Waals surface area contributed by atoms with E-state index in [1.54, 1.807) is 45.2 Å². The Kier molecular flexibility index (Phi) is 6.37. The van der Waals surface area contributed by atoms with Crippen LogP contribution in [-0.2, 0) is 20.7 Å². The van der Waals surface area contributed by atoms with E-state index in [2.05, 4.69) is 0 Å². The van der Waals surface area contributed by atoms with E-state index in [-0.39, 0.29) is 12.3 Å². The predicted octanol–water partition coefficient (Wildman–Crippen LogP) is 1.00. The van der Waals surface area contributed by atoms with Crippen LogP contribution in [0.15, 0.2) is 24.3 Å². The first-order valence-electron chi connectivity index (χ1n) is 6.76. The van der Waals surface area contributed by atoms with Gasteiger partial charge < -0.3 is 15.2 Å². The second-order valence-corrected chi connectivity index (χ2v) is 5.03. The summed E-state index contributed by atoms with van der Waals surface area (Å²) in [5.41, 5.74) is 5.62. The van der Waals surface area contributed by atoms with Crippen LogP contribution in [0.4, 0.5) is 4.79 Å². The molecule has 3 amide bonds. The Hall–Kier alpha value is -2.57. The molecule has 1 atom stereocenters. The van der Waals surface area contributed by atoms with Crippen molar-refractivity contribution in [2.45, 2.75) is 26.4 Å². The fourth-order valence-electron chi connectivity index (χ4n) is 1.78. The number of benzene rings is 1. The topological polar surface area (TPSA) is 108 Å². The minimum Gasteiger partial charge on any atom is -0.497 e. The molecule has 1 aromatic rings. The van der Waals surface area contributed by atoms with Gasteiger partial charge in [-0.25, -0.2) is 4.79 Å². The standard InChI is InChI=1S/C15H20N2O5/c1-9(2)13(14(19)17-15(16)20)22-12(18)8-10-4-6-11(21-3)7-5-10/h4-7,9,13H,8H2,1-3H3,(H3,16,17,19,20)/t13-/m1/s1. The van der Waals surface area contributed by atoms with Crippen molar-refractivity contribution >= 4 is 17.9 Å². The fraction of sp³-hybridized carbons (Fsp3) is 0.400. The Morgan fingerprint density at radius 1 is 1.18 bits per heavy atom. The Morgan fingerprint density at radius 2 is 1.77 bits per heavy atom. The van der Waals surface area contributed by atoms with Gasteiger partial charge in [0.2, 0.25) is 0 Å². The zero-order chi connectivity index (χ0) is 16.7. The summed E-state index contributed by atoms with van der Waals surface area (Å²) in [6.45, 7) is 3.40. The molecule has 7 nitrogen and oxygen atoms in total. The Balaban J connectivity index is 2.66. The van der Waals surface area contributed by atoms with E-state index in [1.165, 1.54) is 0 Å². The number of esters is 1. The second kappa shape index (κ2) is 8.02. The lowest BCUT2D eigenvalue weighted by molar-refractivity contribution is -0.157. The highest BCUT2D eigenvalue weighted by Gasteiger charge is 2.27. The number of hydrogen-bond acceptors (Lipinski definition) is 5. The summed E-state index contributed by atoms with van der Waals surface area (Å²) in [6, 6.07) is 5.92. The number of carbonyl (C=O) groups is 3. The Labute approximate surface area is 128 Å². The molecule has 3 N–H and O–H groups in total. The summed E-state index contributed by atoms with van der Waals surface area (Å²) in [5.74, 6) is -0.911. The van der Waals surface area contributed by atoms with Gasteiger partial charge >= 0.3 is 12.0 Å². The van der Waals surface area contributed by atoms with E-state index >= 15 is 0 Å². The molecule has 0 saturated heterocycles. The molecule has 0 spiro atoms. The second-order valence-electron chi connectivity index (χ2n) is 5.03. The summed E-state index contributed by atoms with van der Waals surface area (Å²) < 4.78 is 10.2. The van der Waals surface area contributed by atoms with E-state index in [0.29, 0.717) is 5.75 Å². The van der Waals surface area contributed by atoms with Crippen molar-refractivity contribution in [1.29, 1.82) is 0 Å². The minimum absolute atomic E-state index is 0.0110. The van der Waals surface area contributed by atoms with Gasteiger partial charge in [0, 0.05) is 0 Å². The molecule has 0 bridgehead atoms. The van der Waals surface area contributed by atoms with Crippen LogP contribution in [0.5, 0.6) is 5.75 Å². The molecule has 0 aliphatic carbocycles. The first-order valence-corrected chi connectivity index (χ1v) is 6.76. The lowest BCUT2D eigenvalue weighted by atomic mass is 10.1. The van der Waals surface area contributed by atoms with E-state index < -0.39 is 24.0 Å². The van der Waals surface area contributed by atoms with Crippen LogP contribution < -0.4 is 15.8 Å². The van der Waals surface area contributed by atoms with E-state index in [9.17, 15) is 14.4 Å². The van der Waals surface area contributed by atoms with Crippen molar-refractivity contribution in [3.8, 4) is 5.75 Å². The summed E-state index contributed by atoms with van der Waals surface area (Å²) in [6.07, 6.45) is -1.06. The average molecular weight is 308 g/mol. The van der Waals surface area contributed by atoms with Crippen molar-refractivity contribution < 1.29 is 23.9 Å². The van der Waals surface area contributed by atoms with Gasteiger partial charge in [0.25, 0.3) is 5.91 Å². The third-order valence-electron chi connectivity index (χ3n) is 2.88. The van der Waals surface area contributed by atoms with Crippen LogP contribution in [0.25, 0.3) is 0 Å². The molecule has 0 fully saturated rings. The number of urea groups is 1. The first-order chi connectivity index (χ1) is 10.3. The zero-order valence-electron chi connectivity index (χ0n) is 12.8. The van der Waals surface area contributed by atoms with Crippen LogP contribution in [-0.4, -0.2) is 31.1 Å². The molecule has 0 aliphatic rings. The largest absolute Gasteiger partial charge is 0.497 e. The average Bonchev–Trinajstić information content (AvgIpc) is 2.44. The van der Waals surface area contributed by atoms with Gasteiger partial charge in [-0.2, -0.15) is 0 Å². The highest BCUT2D eigenvalue weighted by Crippen LogP contribution is 2.13. The van der Waals surface area contributed by atoms with Crippen LogP contribution in [0, 0.1) is 5.92 Å². The summed E-state index contributed by atoms with van der Waals surface area (Å²) >= 11 is 0. The number of methoxy groups -OCH3 is 1. The molecule has 22 heavy (non-hydrogen) atoms. The van der Waals surface area contributed by atoms with Gasteiger partial charge in [0.15, 0.2) is 6.10 Å². The van der Waals surface area contributed by atoms with E-state index in [4.69, 9.17) is 15.2 Å². The number of ether oxygens (including phenoxy) is 2. The van der Waals surface area contributed by atoms with Gasteiger partial charge in [0.1, 0.15) is 5.75 Å². The summed E-state index contributed by atoms with van der Waals surface area (Å²) in [7, 11) is 1.55. The number of nitrogens with two attached hydrogens (primary N) is 1. The van der Waals surface area contributed by atoms with Gasteiger partial charge in [-0.15, -0.1) is 0 Å². The van der Waals surface area contributed by atoms with Crippen LogP contribution in [0.3, 0.4) is 0 Å². The Bertz CT molecular complexity index is 539. The molecular formula is C15H20N2O5. The number of rotatable bonds is 6. The third kappa shape index (κ3) is 5.43. The number of amides is 3. The molecule has 0 heterocycles. The summed E-state index contributed by atoms with van der Waals surface area (Å²) in [5, 5.41) is 1.91. The SMILES string of the molecule is COc1ccc(CC(=O)O[C@@H](C(=O)NC(N)=O)C(C)C)cc1. The van der Waals surface area contributed by atoms with Crippen molar-refractivity contribution in [2.24, 2.45) is 11.7 Å². The van der Waals surface area contributed by atoms with Crippen molar-refractivity contribution in [3.63, 3.8) is 0 Å². The molecule has 120 valence electrons.